The number of carbonyl (C=O) groups is 2. The van der Waals surface area contributed by atoms with Gasteiger partial charge in [0.15, 0.2) is 5.82 Å². The summed E-state index contributed by atoms with van der Waals surface area (Å²) in [4.78, 5) is 23.5. The SMILES string of the molecule is Cc1nnc(-c2ccc(CNC(=O)CCOCCOCCOCCNC(=O)OC(C)(C)C)cc2)nn1. The van der Waals surface area contributed by atoms with E-state index in [9.17, 15) is 9.59 Å². The molecule has 12 heteroatoms. The van der Waals surface area contributed by atoms with E-state index in [1.807, 2.05) is 24.3 Å². The number of benzene rings is 1. The lowest BCUT2D eigenvalue weighted by Crippen LogP contribution is -2.34. The van der Waals surface area contributed by atoms with Crippen molar-refractivity contribution in [2.75, 3.05) is 46.2 Å². The van der Waals surface area contributed by atoms with Gasteiger partial charge in [0.2, 0.25) is 11.7 Å². The number of carbonyl (C=O) groups excluding carboxylic acids is 2. The number of alkyl carbamates (subject to hydrolysis) is 1. The minimum absolute atomic E-state index is 0.0938. The molecule has 0 radical (unpaired) electrons. The van der Waals surface area contributed by atoms with E-state index in [-0.39, 0.29) is 12.3 Å². The minimum atomic E-state index is -0.521. The van der Waals surface area contributed by atoms with Gasteiger partial charge in [0.25, 0.3) is 0 Å². The largest absolute Gasteiger partial charge is 0.444 e. The van der Waals surface area contributed by atoms with Crippen molar-refractivity contribution >= 4 is 12.0 Å². The maximum atomic E-state index is 12.0. The molecule has 2 N–H and O–H groups in total. The summed E-state index contributed by atoms with van der Waals surface area (Å²) in [6.07, 6.45) is -0.201. The summed E-state index contributed by atoms with van der Waals surface area (Å²) in [5.74, 6) is 0.878. The van der Waals surface area contributed by atoms with Gasteiger partial charge in [-0.3, -0.25) is 4.79 Å². The summed E-state index contributed by atoms with van der Waals surface area (Å²) in [6.45, 7) is 10.2. The average Bonchev–Trinajstić information content (AvgIpc) is 2.83. The number of aryl methyl sites for hydroxylation is 1. The molecule has 1 heterocycles. The number of hydrogen-bond acceptors (Lipinski definition) is 10. The number of nitrogens with zero attached hydrogens (tertiary/aromatic N) is 4. The Labute approximate surface area is 211 Å². The Morgan fingerprint density at radius 1 is 0.806 bits per heavy atom. The van der Waals surface area contributed by atoms with Crippen LogP contribution in [0.5, 0.6) is 0 Å². The van der Waals surface area contributed by atoms with Gasteiger partial charge in [-0.25, -0.2) is 4.79 Å². The molecule has 0 saturated carbocycles. The Morgan fingerprint density at radius 2 is 1.39 bits per heavy atom. The second kappa shape index (κ2) is 15.7. The predicted molar refractivity (Wildman–Crippen MR) is 131 cm³/mol. The molecule has 2 amide bonds. The Hall–Kier alpha value is -3.22. The van der Waals surface area contributed by atoms with Gasteiger partial charge < -0.3 is 29.6 Å². The van der Waals surface area contributed by atoms with Gasteiger partial charge in [-0.05, 0) is 33.3 Å². The van der Waals surface area contributed by atoms with Crippen LogP contribution in [0.1, 0.15) is 38.6 Å². The molecule has 0 atom stereocenters. The van der Waals surface area contributed by atoms with Crippen LogP contribution in [0.2, 0.25) is 0 Å². The molecule has 0 saturated heterocycles. The lowest BCUT2D eigenvalue weighted by Gasteiger charge is -2.19. The molecule has 2 aromatic rings. The molecule has 0 aliphatic rings. The lowest BCUT2D eigenvalue weighted by molar-refractivity contribution is -0.122. The van der Waals surface area contributed by atoms with Gasteiger partial charge in [-0.1, -0.05) is 24.3 Å². The summed E-state index contributed by atoms with van der Waals surface area (Å²) in [5, 5.41) is 21.3. The number of nitrogens with one attached hydrogen (secondary N) is 2. The molecule has 2 rings (SSSR count). The third-order valence-corrected chi connectivity index (χ3v) is 4.41. The number of aromatic nitrogens is 4. The van der Waals surface area contributed by atoms with Gasteiger partial charge in [0, 0.05) is 25.1 Å². The van der Waals surface area contributed by atoms with Crippen molar-refractivity contribution in [2.24, 2.45) is 0 Å². The molecule has 0 unspecified atom stereocenters. The highest BCUT2D eigenvalue weighted by molar-refractivity contribution is 5.76. The maximum Gasteiger partial charge on any atom is 0.407 e. The third-order valence-electron chi connectivity index (χ3n) is 4.41. The molecule has 0 aliphatic heterocycles. The number of hydrogen-bond donors (Lipinski definition) is 2. The van der Waals surface area contributed by atoms with Crippen molar-refractivity contribution in [3.63, 3.8) is 0 Å². The second-order valence-electron chi connectivity index (χ2n) is 8.76. The van der Waals surface area contributed by atoms with Crippen molar-refractivity contribution in [2.45, 2.75) is 46.3 Å². The summed E-state index contributed by atoms with van der Waals surface area (Å²) in [6, 6.07) is 7.52. The Kier molecular flexibility index (Phi) is 12.7. The normalized spacial score (nSPS) is 11.2. The first-order chi connectivity index (χ1) is 17.2. The van der Waals surface area contributed by atoms with Crippen LogP contribution in [0.4, 0.5) is 4.79 Å². The van der Waals surface area contributed by atoms with Gasteiger partial charge in [0.1, 0.15) is 5.60 Å². The zero-order valence-electron chi connectivity index (χ0n) is 21.4. The van der Waals surface area contributed by atoms with Crippen LogP contribution in [0.25, 0.3) is 11.4 Å². The zero-order chi connectivity index (χ0) is 26.2. The molecular formula is C24H36N6O6. The van der Waals surface area contributed by atoms with Crippen molar-refractivity contribution in [3.05, 3.63) is 35.7 Å². The monoisotopic (exact) mass is 504 g/mol. The smallest absolute Gasteiger partial charge is 0.407 e. The summed E-state index contributed by atoms with van der Waals surface area (Å²) >= 11 is 0. The fourth-order valence-corrected chi connectivity index (χ4v) is 2.70. The second-order valence-corrected chi connectivity index (χ2v) is 8.76. The lowest BCUT2D eigenvalue weighted by atomic mass is 10.1. The van der Waals surface area contributed by atoms with Gasteiger partial charge >= 0.3 is 6.09 Å². The van der Waals surface area contributed by atoms with E-state index in [1.54, 1.807) is 27.7 Å². The van der Waals surface area contributed by atoms with Crippen LogP contribution in [-0.2, 0) is 30.3 Å². The van der Waals surface area contributed by atoms with E-state index in [4.69, 9.17) is 18.9 Å². The van der Waals surface area contributed by atoms with Gasteiger partial charge in [-0.2, -0.15) is 0 Å². The van der Waals surface area contributed by atoms with Crippen LogP contribution >= 0.6 is 0 Å². The van der Waals surface area contributed by atoms with E-state index in [1.165, 1.54) is 0 Å². The number of ether oxygens (including phenoxy) is 4. The standard InChI is InChI=1S/C24H36N6O6/c1-18-27-29-22(30-28-18)20-7-5-19(6-8-20)17-26-21(31)9-11-33-13-15-35-16-14-34-12-10-25-23(32)36-24(2,3)4/h5-8H,9-17H2,1-4H3,(H,25,32)(H,26,31). The minimum Gasteiger partial charge on any atom is -0.444 e. The highest BCUT2D eigenvalue weighted by atomic mass is 16.6. The van der Waals surface area contributed by atoms with E-state index in [0.29, 0.717) is 64.4 Å². The molecule has 36 heavy (non-hydrogen) atoms. The molecule has 0 spiro atoms. The van der Waals surface area contributed by atoms with Crippen molar-refractivity contribution in [3.8, 4) is 11.4 Å². The van der Waals surface area contributed by atoms with E-state index < -0.39 is 11.7 Å². The van der Waals surface area contributed by atoms with E-state index >= 15 is 0 Å². The number of amides is 2. The summed E-state index contributed by atoms with van der Waals surface area (Å²) < 4.78 is 21.3. The molecule has 198 valence electrons. The van der Waals surface area contributed by atoms with Gasteiger partial charge in [0.05, 0.1) is 39.6 Å². The van der Waals surface area contributed by atoms with Crippen molar-refractivity contribution in [1.29, 1.82) is 0 Å². The van der Waals surface area contributed by atoms with Crippen LogP contribution in [0.15, 0.2) is 24.3 Å². The van der Waals surface area contributed by atoms with Crippen LogP contribution in [-0.4, -0.2) is 84.2 Å². The van der Waals surface area contributed by atoms with Gasteiger partial charge in [-0.15, -0.1) is 20.4 Å². The van der Waals surface area contributed by atoms with Crippen LogP contribution in [0.3, 0.4) is 0 Å². The molecule has 0 bridgehead atoms. The Morgan fingerprint density at radius 3 is 2.00 bits per heavy atom. The summed E-state index contributed by atoms with van der Waals surface area (Å²) in [7, 11) is 0. The van der Waals surface area contributed by atoms with Crippen LogP contribution in [0, 0.1) is 6.92 Å². The molecule has 0 fully saturated rings. The number of rotatable bonds is 15. The highest BCUT2D eigenvalue weighted by Crippen LogP contribution is 2.14. The average molecular weight is 505 g/mol. The Bertz CT molecular complexity index is 918. The van der Waals surface area contributed by atoms with Crippen molar-refractivity contribution in [1.82, 2.24) is 31.0 Å². The van der Waals surface area contributed by atoms with E-state index in [2.05, 4.69) is 31.0 Å². The first-order valence-corrected chi connectivity index (χ1v) is 11.8. The maximum absolute atomic E-state index is 12.0. The highest BCUT2D eigenvalue weighted by Gasteiger charge is 2.15. The molecule has 12 nitrogen and oxygen atoms in total. The Balaban J connectivity index is 1.42. The fraction of sp³-hybridized carbons (Fsp3) is 0.583. The topological polar surface area (TPSA) is 147 Å². The quantitative estimate of drug-likeness (QED) is 0.344. The zero-order valence-corrected chi connectivity index (χ0v) is 21.4. The van der Waals surface area contributed by atoms with Crippen molar-refractivity contribution < 1.29 is 28.5 Å². The predicted octanol–water partition coefficient (Wildman–Crippen LogP) is 1.82. The van der Waals surface area contributed by atoms with E-state index in [0.717, 1.165) is 11.1 Å². The molecule has 1 aromatic heterocycles. The molecule has 1 aromatic carbocycles. The molecule has 0 aliphatic carbocycles. The first-order valence-electron chi connectivity index (χ1n) is 11.8. The summed E-state index contributed by atoms with van der Waals surface area (Å²) in [5.41, 5.74) is 1.24. The fourth-order valence-electron chi connectivity index (χ4n) is 2.70. The molecular weight excluding hydrogens is 468 g/mol. The first kappa shape index (κ1) is 29.0. The van der Waals surface area contributed by atoms with Crippen LogP contribution < -0.4 is 10.6 Å². The third kappa shape index (κ3) is 13.0.